The van der Waals surface area contributed by atoms with E-state index in [-0.39, 0.29) is 0 Å². The number of carbonyl (C=O) groups is 1. The fourth-order valence-corrected chi connectivity index (χ4v) is 1.97. The van der Waals surface area contributed by atoms with Crippen LogP contribution in [0.1, 0.15) is 20.8 Å². The lowest BCUT2D eigenvalue weighted by Gasteiger charge is -2.39. The van der Waals surface area contributed by atoms with Gasteiger partial charge in [0.05, 0.1) is 0 Å². The number of rotatable bonds is 4. The summed E-state index contributed by atoms with van der Waals surface area (Å²) in [5, 5.41) is 8.95. The molecule has 16 heavy (non-hydrogen) atoms. The maximum Gasteiger partial charge on any atom is 0.324 e. The highest BCUT2D eigenvalue weighted by molar-refractivity contribution is 5.78. The highest BCUT2D eigenvalue weighted by atomic mass is 16.4. The first-order valence-corrected chi connectivity index (χ1v) is 5.81. The Morgan fingerprint density at radius 2 is 1.88 bits per heavy atom. The maximum atomic E-state index is 10.9. The summed E-state index contributed by atoms with van der Waals surface area (Å²) in [6.45, 7) is 10.1. The molecule has 1 unspecified atom stereocenters. The predicted octanol–water partition coefficient (Wildman–Crippen LogP) is -0.186. The summed E-state index contributed by atoms with van der Waals surface area (Å²) in [4.78, 5) is 15.4. The van der Waals surface area contributed by atoms with Gasteiger partial charge in [0.1, 0.15) is 5.54 Å². The van der Waals surface area contributed by atoms with Crippen LogP contribution in [0.2, 0.25) is 0 Å². The van der Waals surface area contributed by atoms with Crippen LogP contribution in [0.5, 0.6) is 0 Å². The van der Waals surface area contributed by atoms with Gasteiger partial charge in [-0.1, -0.05) is 0 Å². The lowest BCUT2D eigenvalue weighted by atomic mass is 10.0. The molecule has 1 aliphatic rings. The molecule has 0 aromatic rings. The molecule has 0 bridgehead atoms. The van der Waals surface area contributed by atoms with Crippen LogP contribution in [-0.4, -0.2) is 65.2 Å². The van der Waals surface area contributed by atoms with Crippen LogP contribution in [0.4, 0.5) is 0 Å². The van der Waals surface area contributed by atoms with Gasteiger partial charge in [-0.15, -0.1) is 0 Å². The minimum Gasteiger partial charge on any atom is -0.480 e. The summed E-state index contributed by atoms with van der Waals surface area (Å²) in [6.07, 6.45) is 0. The summed E-state index contributed by atoms with van der Waals surface area (Å²) in [5.41, 5.74) is 4.59. The number of hydrogen-bond donors (Lipinski definition) is 2. The average molecular weight is 229 g/mol. The standard InChI is InChI=1S/C11H23N3O2/c1-9(2)14-6-4-13(5-7-14)8-11(3,12)10(15)16/h9H,4-8,12H2,1-3H3,(H,15,16). The number of aliphatic carboxylic acids is 1. The van der Waals surface area contributed by atoms with Crippen molar-refractivity contribution in [2.75, 3.05) is 32.7 Å². The van der Waals surface area contributed by atoms with Crippen LogP contribution in [-0.2, 0) is 4.79 Å². The minimum atomic E-state index is -1.14. The molecule has 0 radical (unpaired) electrons. The van der Waals surface area contributed by atoms with E-state index in [0.717, 1.165) is 26.2 Å². The van der Waals surface area contributed by atoms with Crippen molar-refractivity contribution in [1.29, 1.82) is 0 Å². The SMILES string of the molecule is CC(C)N1CCN(CC(C)(N)C(=O)O)CC1. The van der Waals surface area contributed by atoms with E-state index in [1.807, 2.05) is 0 Å². The Morgan fingerprint density at radius 1 is 1.38 bits per heavy atom. The van der Waals surface area contributed by atoms with Crippen molar-refractivity contribution in [3.63, 3.8) is 0 Å². The van der Waals surface area contributed by atoms with Crippen molar-refractivity contribution in [3.05, 3.63) is 0 Å². The number of nitrogens with zero attached hydrogens (tertiary/aromatic N) is 2. The second-order valence-electron chi connectivity index (χ2n) is 5.13. The molecule has 0 aromatic heterocycles. The van der Waals surface area contributed by atoms with E-state index in [1.54, 1.807) is 6.92 Å². The Labute approximate surface area is 97.2 Å². The van der Waals surface area contributed by atoms with Crippen molar-refractivity contribution in [1.82, 2.24) is 9.80 Å². The molecular weight excluding hydrogens is 206 g/mol. The molecule has 1 rings (SSSR count). The van der Waals surface area contributed by atoms with Crippen LogP contribution in [0.3, 0.4) is 0 Å². The average Bonchev–Trinajstić information content (AvgIpc) is 2.17. The van der Waals surface area contributed by atoms with Crippen molar-refractivity contribution < 1.29 is 9.90 Å². The van der Waals surface area contributed by atoms with Gasteiger partial charge < -0.3 is 10.8 Å². The Bertz CT molecular complexity index is 246. The molecule has 94 valence electrons. The summed E-state index contributed by atoms with van der Waals surface area (Å²) >= 11 is 0. The van der Waals surface area contributed by atoms with Crippen molar-refractivity contribution >= 4 is 5.97 Å². The number of nitrogens with two attached hydrogens (primary N) is 1. The third-order valence-corrected chi connectivity index (χ3v) is 3.18. The molecule has 0 aliphatic carbocycles. The molecule has 1 saturated heterocycles. The normalized spacial score (nSPS) is 23.3. The van der Waals surface area contributed by atoms with Crippen molar-refractivity contribution in [2.24, 2.45) is 5.73 Å². The smallest absolute Gasteiger partial charge is 0.324 e. The molecule has 3 N–H and O–H groups in total. The van der Waals surface area contributed by atoms with E-state index in [4.69, 9.17) is 10.8 Å². The van der Waals surface area contributed by atoms with E-state index >= 15 is 0 Å². The van der Waals surface area contributed by atoms with Crippen LogP contribution in [0.15, 0.2) is 0 Å². The second-order valence-corrected chi connectivity index (χ2v) is 5.13. The Balaban J connectivity index is 2.40. The van der Waals surface area contributed by atoms with Gasteiger partial charge in [-0.2, -0.15) is 0 Å². The first-order chi connectivity index (χ1) is 7.33. The van der Waals surface area contributed by atoms with Gasteiger partial charge in [-0.05, 0) is 20.8 Å². The van der Waals surface area contributed by atoms with E-state index in [9.17, 15) is 4.79 Å². The lowest BCUT2D eigenvalue weighted by molar-refractivity contribution is -0.143. The second kappa shape index (κ2) is 5.12. The maximum absolute atomic E-state index is 10.9. The van der Waals surface area contributed by atoms with Gasteiger partial charge in [-0.3, -0.25) is 14.6 Å². The molecule has 0 spiro atoms. The van der Waals surface area contributed by atoms with Gasteiger partial charge in [0.2, 0.25) is 0 Å². The largest absolute Gasteiger partial charge is 0.480 e. The highest BCUT2D eigenvalue weighted by Gasteiger charge is 2.31. The summed E-state index contributed by atoms with van der Waals surface area (Å²) in [7, 11) is 0. The minimum absolute atomic E-state index is 0.425. The summed E-state index contributed by atoms with van der Waals surface area (Å²) in [6, 6.07) is 0.561. The molecule has 5 heteroatoms. The van der Waals surface area contributed by atoms with Crippen LogP contribution in [0, 0.1) is 0 Å². The molecule has 5 nitrogen and oxygen atoms in total. The fourth-order valence-electron chi connectivity index (χ4n) is 1.97. The van der Waals surface area contributed by atoms with Gasteiger partial charge in [0, 0.05) is 38.8 Å². The topological polar surface area (TPSA) is 69.8 Å². The third-order valence-electron chi connectivity index (χ3n) is 3.18. The highest BCUT2D eigenvalue weighted by Crippen LogP contribution is 2.09. The zero-order valence-electron chi connectivity index (χ0n) is 10.4. The van der Waals surface area contributed by atoms with Gasteiger partial charge >= 0.3 is 5.97 Å². The van der Waals surface area contributed by atoms with Gasteiger partial charge in [-0.25, -0.2) is 0 Å². The van der Waals surface area contributed by atoms with Crippen LogP contribution in [0.25, 0.3) is 0 Å². The molecule has 1 heterocycles. The number of carboxylic acids is 1. The molecule has 0 saturated carbocycles. The zero-order valence-corrected chi connectivity index (χ0v) is 10.4. The van der Waals surface area contributed by atoms with Crippen molar-refractivity contribution in [2.45, 2.75) is 32.4 Å². The summed E-state index contributed by atoms with van der Waals surface area (Å²) < 4.78 is 0. The predicted molar refractivity (Wildman–Crippen MR) is 63.4 cm³/mol. The molecule has 1 fully saturated rings. The number of carboxylic acid groups (broad SMARTS) is 1. The summed E-state index contributed by atoms with van der Waals surface area (Å²) in [5.74, 6) is -0.932. The van der Waals surface area contributed by atoms with E-state index in [0.29, 0.717) is 12.6 Å². The first kappa shape index (κ1) is 13.4. The van der Waals surface area contributed by atoms with Crippen LogP contribution < -0.4 is 5.73 Å². The molecule has 0 aromatic carbocycles. The Morgan fingerprint density at radius 3 is 2.25 bits per heavy atom. The first-order valence-electron chi connectivity index (χ1n) is 5.81. The Kier molecular flexibility index (Phi) is 4.29. The lowest BCUT2D eigenvalue weighted by Crippen LogP contribution is -2.58. The Hall–Kier alpha value is -0.650. The van der Waals surface area contributed by atoms with Crippen LogP contribution >= 0.6 is 0 Å². The van der Waals surface area contributed by atoms with E-state index < -0.39 is 11.5 Å². The molecule has 0 amide bonds. The van der Waals surface area contributed by atoms with E-state index in [2.05, 4.69) is 23.6 Å². The monoisotopic (exact) mass is 229 g/mol. The molecule has 1 atom stereocenters. The van der Waals surface area contributed by atoms with Gasteiger partial charge in [0.15, 0.2) is 0 Å². The van der Waals surface area contributed by atoms with Crippen molar-refractivity contribution in [3.8, 4) is 0 Å². The number of piperazine rings is 1. The quantitative estimate of drug-likeness (QED) is 0.699. The fraction of sp³-hybridized carbons (Fsp3) is 0.909. The van der Waals surface area contributed by atoms with E-state index in [1.165, 1.54) is 0 Å². The third kappa shape index (κ3) is 3.43. The molecular formula is C11H23N3O2. The zero-order chi connectivity index (χ0) is 12.3. The van der Waals surface area contributed by atoms with Gasteiger partial charge in [0.25, 0.3) is 0 Å². The number of hydrogen-bond acceptors (Lipinski definition) is 4. The molecule has 1 aliphatic heterocycles.